The maximum absolute atomic E-state index is 12.1. The van der Waals surface area contributed by atoms with E-state index in [2.05, 4.69) is 26.0 Å². The van der Waals surface area contributed by atoms with Gasteiger partial charge in [-0.1, -0.05) is 12.1 Å². The van der Waals surface area contributed by atoms with Gasteiger partial charge in [0.1, 0.15) is 4.90 Å². The standard InChI is InChI=1S/C12H11BrN2O3S2/c1-14-20(17,18)10-5-3-2-4-8(10)15-12(16)9-6-7-11(13)19-9/h2-7,14H,1H3,(H,15,16). The molecule has 8 heteroatoms. The predicted molar refractivity (Wildman–Crippen MR) is 82.7 cm³/mol. The van der Waals surface area contributed by atoms with Crippen LogP contribution in [0.25, 0.3) is 0 Å². The van der Waals surface area contributed by atoms with Crippen LogP contribution in [0.1, 0.15) is 9.67 Å². The SMILES string of the molecule is CNS(=O)(=O)c1ccccc1NC(=O)c1ccc(Br)s1. The number of benzene rings is 1. The number of halogens is 1. The molecule has 2 aromatic rings. The molecule has 0 fully saturated rings. The minimum atomic E-state index is -3.62. The first-order valence-electron chi connectivity index (χ1n) is 5.53. The van der Waals surface area contributed by atoms with Gasteiger partial charge in [-0.15, -0.1) is 11.3 Å². The number of hydrogen-bond donors (Lipinski definition) is 2. The summed E-state index contributed by atoms with van der Waals surface area (Å²) in [7, 11) is -2.30. The number of carbonyl (C=O) groups is 1. The summed E-state index contributed by atoms with van der Waals surface area (Å²) >= 11 is 4.55. The van der Waals surface area contributed by atoms with Gasteiger partial charge in [0.2, 0.25) is 10.0 Å². The fourth-order valence-corrected chi connectivity index (χ4v) is 3.70. The van der Waals surface area contributed by atoms with Gasteiger partial charge in [0.25, 0.3) is 5.91 Å². The lowest BCUT2D eigenvalue weighted by Gasteiger charge is -2.10. The third-order valence-corrected chi connectivity index (χ3v) is 5.59. The maximum atomic E-state index is 12.1. The van der Waals surface area contributed by atoms with Crippen molar-refractivity contribution in [3.05, 3.63) is 45.1 Å². The van der Waals surface area contributed by atoms with Crippen LogP contribution in [0.2, 0.25) is 0 Å². The average molecular weight is 375 g/mol. The molecule has 0 aliphatic heterocycles. The molecule has 0 unspecified atom stereocenters. The smallest absolute Gasteiger partial charge is 0.265 e. The quantitative estimate of drug-likeness (QED) is 0.863. The van der Waals surface area contributed by atoms with Crippen molar-refractivity contribution in [1.29, 1.82) is 0 Å². The number of thiophene rings is 1. The zero-order chi connectivity index (χ0) is 14.8. The summed E-state index contributed by atoms with van der Waals surface area (Å²) in [5.41, 5.74) is 0.247. The predicted octanol–water partition coefficient (Wildman–Crippen LogP) is 2.67. The van der Waals surface area contributed by atoms with E-state index in [9.17, 15) is 13.2 Å². The highest BCUT2D eigenvalue weighted by Gasteiger charge is 2.18. The minimum Gasteiger partial charge on any atom is -0.320 e. The van der Waals surface area contributed by atoms with Crippen molar-refractivity contribution in [3.8, 4) is 0 Å². The fourth-order valence-electron chi connectivity index (χ4n) is 1.53. The molecule has 1 heterocycles. The second kappa shape index (κ2) is 6.04. The molecular formula is C12H11BrN2O3S2. The van der Waals surface area contributed by atoms with Crippen molar-refractivity contribution in [3.63, 3.8) is 0 Å². The van der Waals surface area contributed by atoms with Gasteiger partial charge < -0.3 is 5.32 Å². The molecule has 0 bridgehead atoms. The van der Waals surface area contributed by atoms with Crippen LogP contribution in [-0.4, -0.2) is 21.4 Å². The summed E-state index contributed by atoms with van der Waals surface area (Å²) in [5.74, 6) is -0.348. The van der Waals surface area contributed by atoms with E-state index in [4.69, 9.17) is 0 Å². The van der Waals surface area contributed by atoms with E-state index in [1.54, 1.807) is 30.3 Å². The number of para-hydroxylation sites is 1. The molecule has 1 aromatic heterocycles. The van der Waals surface area contributed by atoms with E-state index in [-0.39, 0.29) is 16.5 Å². The molecule has 1 amide bonds. The Morgan fingerprint density at radius 3 is 2.50 bits per heavy atom. The highest BCUT2D eigenvalue weighted by molar-refractivity contribution is 9.11. The lowest BCUT2D eigenvalue weighted by Crippen LogP contribution is -2.21. The van der Waals surface area contributed by atoms with E-state index in [0.29, 0.717) is 4.88 Å². The van der Waals surface area contributed by atoms with Crippen LogP contribution < -0.4 is 10.0 Å². The number of sulfonamides is 1. The molecule has 1 aromatic carbocycles. The van der Waals surface area contributed by atoms with Gasteiger partial charge in [-0.05, 0) is 47.2 Å². The van der Waals surface area contributed by atoms with Gasteiger partial charge in [-0.3, -0.25) is 4.79 Å². The van der Waals surface area contributed by atoms with E-state index in [1.807, 2.05) is 0 Å². The Balaban J connectivity index is 2.33. The van der Waals surface area contributed by atoms with Gasteiger partial charge in [0.15, 0.2) is 0 Å². The first kappa shape index (κ1) is 15.2. The number of anilines is 1. The van der Waals surface area contributed by atoms with Gasteiger partial charge in [-0.25, -0.2) is 13.1 Å². The van der Waals surface area contributed by atoms with E-state index in [0.717, 1.165) is 3.79 Å². The first-order valence-corrected chi connectivity index (χ1v) is 8.62. The summed E-state index contributed by atoms with van der Waals surface area (Å²) < 4.78 is 26.8. The number of nitrogens with one attached hydrogen (secondary N) is 2. The lowest BCUT2D eigenvalue weighted by atomic mass is 10.3. The first-order chi connectivity index (χ1) is 9.44. The van der Waals surface area contributed by atoms with Gasteiger partial charge in [0.05, 0.1) is 14.4 Å². The molecule has 0 saturated heterocycles. The van der Waals surface area contributed by atoms with E-state index in [1.165, 1.54) is 24.5 Å². The summed E-state index contributed by atoms with van der Waals surface area (Å²) in [6, 6.07) is 9.67. The highest BCUT2D eigenvalue weighted by Crippen LogP contribution is 2.25. The molecule has 106 valence electrons. The largest absolute Gasteiger partial charge is 0.320 e. The molecule has 0 spiro atoms. The van der Waals surface area contributed by atoms with Crippen molar-refractivity contribution in [2.24, 2.45) is 0 Å². The monoisotopic (exact) mass is 374 g/mol. The third-order valence-electron chi connectivity index (χ3n) is 2.49. The van der Waals surface area contributed by atoms with Crippen LogP contribution in [0.3, 0.4) is 0 Å². The zero-order valence-electron chi connectivity index (χ0n) is 10.4. The van der Waals surface area contributed by atoms with Crippen LogP contribution in [0.15, 0.2) is 45.1 Å². The Bertz CT molecular complexity index is 741. The van der Waals surface area contributed by atoms with Gasteiger partial charge in [0, 0.05) is 0 Å². The molecule has 20 heavy (non-hydrogen) atoms. The molecule has 2 N–H and O–H groups in total. The summed E-state index contributed by atoms with van der Waals surface area (Å²) in [5, 5.41) is 2.61. The molecule has 0 aliphatic rings. The molecule has 2 rings (SSSR count). The Labute approximate surface area is 129 Å². The number of hydrogen-bond acceptors (Lipinski definition) is 4. The van der Waals surface area contributed by atoms with Crippen LogP contribution in [0.5, 0.6) is 0 Å². The van der Waals surface area contributed by atoms with E-state index < -0.39 is 10.0 Å². The average Bonchev–Trinajstić information content (AvgIpc) is 2.86. The Hall–Kier alpha value is -1.22. The van der Waals surface area contributed by atoms with Crippen molar-refractivity contribution >= 4 is 48.9 Å². The zero-order valence-corrected chi connectivity index (χ0v) is 13.6. The van der Waals surface area contributed by atoms with Crippen molar-refractivity contribution < 1.29 is 13.2 Å². The van der Waals surface area contributed by atoms with Crippen molar-refractivity contribution in [2.45, 2.75) is 4.90 Å². The summed E-state index contributed by atoms with van der Waals surface area (Å²) in [6.45, 7) is 0. The maximum Gasteiger partial charge on any atom is 0.265 e. The van der Waals surface area contributed by atoms with Crippen LogP contribution >= 0.6 is 27.3 Å². The Morgan fingerprint density at radius 1 is 1.20 bits per heavy atom. The van der Waals surface area contributed by atoms with E-state index >= 15 is 0 Å². The van der Waals surface area contributed by atoms with Gasteiger partial charge >= 0.3 is 0 Å². The summed E-state index contributed by atoms with van der Waals surface area (Å²) in [4.78, 5) is 12.6. The number of carbonyl (C=O) groups excluding carboxylic acids is 1. The molecule has 0 aliphatic carbocycles. The third kappa shape index (κ3) is 3.26. The lowest BCUT2D eigenvalue weighted by molar-refractivity contribution is 0.103. The number of amides is 1. The fraction of sp³-hybridized carbons (Fsp3) is 0.0833. The highest BCUT2D eigenvalue weighted by atomic mass is 79.9. The van der Waals surface area contributed by atoms with Crippen LogP contribution in [0, 0.1) is 0 Å². The Kier molecular flexibility index (Phi) is 4.59. The second-order valence-electron chi connectivity index (χ2n) is 3.76. The minimum absolute atomic E-state index is 0.0338. The molecular weight excluding hydrogens is 364 g/mol. The van der Waals surface area contributed by atoms with Crippen molar-refractivity contribution in [2.75, 3.05) is 12.4 Å². The molecule has 0 saturated carbocycles. The Morgan fingerprint density at radius 2 is 1.90 bits per heavy atom. The topological polar surface area (TPSA) is 75.3 Å². The second-order valence-corrected chi connectivity index (χ2v) is 8.08. The normalized spacial score (nSPS) is 11.3. The molecule has 0 radical (unpaired) electrons. The number of rotatable bonds is 4. The summed E-state index contributed by atoms with van der Waals surface area (Å²) in [6.07, 6.45) is 0. The van der Waals surface area contributed by atoms with Gasteiger partial charge in [-0.2, -0.15) is 0 Å². The molecule has 0 atom stereocenters. The molecule has 5 nitrogen and oxygen atoms in total. The van der Waals surface area contributed by atoms with Crippen molar-refractivity contribution in [1.82, 2.24) is 4.72 Å². The van der Waals surface area contributed by atoms with Crippen LogP contribution in [0.4, 0.5) is 5.69 Å². The van der Waals surface area contributed by atoms with Crippen LogP contribution in [-0.2, 0) is 10.0 Å².